The largest absolute Gasteiger partial charge is 0.369 e. The summed E-state index contributed by atoms with van der Waals surface area (Å²) >= 11 is 1.51. The van der Waals surface area contributed by atoms with Crippen LogP contribution >= 0.6 is 11.3 Å². The van der Waals surface area contributed by atoms with Crippen LogP contribution in [0.25, 0.3) is 10.6 Å². The molecule has 0 spiro atoms. The molecule has 0 aliphatic carbocycles. The molecule has 1 aliphatic rings. The highest BCUT2D eigenvalue weighted by molar-refractivity contribution is 7.13. The van der Waals surface area contributed by atoms with E-state index in [0.717, 1.165) is 36.7 Å². The van der Waals surface area contributed by atoms with Crippen molar-refractivity contribution in [2.24, 2.45) is 0 Å². The third-order valence-electron chi connectivity index (χ3n) is 5.59. The van der Waals surface area contributed by atoms with E-state index in [2.05, 4.69) is 27.1 Å². The smallest absolute Gasteiger partial charge is 0.261 e. The summed E-state index contributed by atoms with van der Waals surface area (Å²) in [7, 11) is 2.08. The maximum absolute atomic E-state index is 14.0. The second-order valence-corrected chi connectivity index (χ2v) is 8.73. The first-order valence-corrected chi connectivity index (χ1v) is 11.1. The van der Waals surface area contributed by atoms with Crippen molar-refractivity contribution >= 4 is 22.9 Å². The van der Waals surface area contributed by atoms with Gasteiger partial charge in [0.1, 0.15) is 11.4 Å². The molecule has 3 aromatic rings. The van der Waals surface area contributed by atoms with Crippen molar-refractivity contribution in [2.45, 2.75) is 13.0 Å². The van der Waals surface area contributed by atoms with E-state index in [4.69, 9.17) is 0 Å². The SMILES string of the molecule is CC(NC(=O)c1ccc(-c2cccs2)[nH]c1=O)c1cc(F)ccc1N1CCN(C)CC1. The van der Waals surface area contributed by atoms with Gasteiger partial charge in [-0.3, -0.25) is 9.59 Å². The van der Waals surface area contributed by atoms with Crippen LogP contribution in [-0.4, -0.2) is 49.0 Å². The molecular formula is C23H25FN4O2S. The highest BCUT2D eigenvalue weighted by atomic mass is 32.1. The number of pyridine rings is 1. The average Bonchev–Trinajstić information content (AvgIpc) is 3.29. The minimum absolute atomic E-state index is 0.0321. The highest BCUT2D eigenvalue weighted by Crippen LogP contribution is 2.28. The van der Waals surface area contributed by atoms with Gasteiger partial charge in [0.2, 0.25) is 0 Å². The minimum Gasteiger partial charge on any atom is -0.369 e. The quantitative estimate of drug-likeness (QED) is 0.637. The number of H-pyrrole nitrogens is 1. The summed E-state index contributed by atoms with van der Waals surface area (Å²) in [5, 5.41) is 4.79. The van der Waals surface area contributed by atoms with Crippen LogP contribution in [0.1, 0.15) is 28.9 Å². The molecule has 1 atom stereocenters. The maximum atomic E-state index is 14.0. The molecule has 6 nitrogen and oxygen atoms in total. The van der Waals surface area contributed by atoms with Gasteiger partial charge in [0.05, 0.1) is 16.6 Å². The normalized spacial score (nSPS) is 15.6. The number of hydrogen-bond acceptors (Lipinski definition) is 5. The molecule has 8 heteroatoms. The molecule has 2 aromatic heterocycles. The van der Waals surface area contributed by atoms with Crippen molar-refractivity contribution in [1.82, 2.24) is 15.2 Å². The monoisotopic (exact) mass is 440 g/mol. The van der Waals surface area contributed by atoms with Crippen LogP contribution in [0.4, 0.5) is 10.1 Å². The Morgan fingerprint density at radius 1 is 1.16 bits per heavy atom. The number of aromatic amines is 1. The van der Waals surface area contributed by atoms with E-state index in [0.29, 0.717) is 11.3 Å². The van der Waals surface area contributed by atoms with Gasteiger partial charge in [-0.1, -0.05) is 6.07 Å². The van der Waals surface area contributed by atoms with Gasteiger partial charge in [0.25, 0.3) is 11.5 Å². The van der Waals surface area contributed by atoms with E-state index in [1.807, 2.05) is 17.5 Å². The molecule has 1 aromatic carbocycles. The molecule has 1 fully saturated rings. The van der Waals surface area contributed by atoms with Crippen LogP contribution in [0.3, 0.4) is 0 Å². The van der Waals surface area contributed by atoms with Crippen LogP contribution in [0.2, 0.25) is 0 Å². The molecular weight excluding hydrogens is 415 g/mol. The summed E-state index contributed by atoms with van der Waals surface area (Å²) in [5.74, 6) is -0.841. The summed E-state index contributed by atoms with van der Waals surface area (Å²) in [4.78, 5) is 33.5. The Kier molecular flexibility index (Phi) is 6.20. The summed E-state index contributed by atoms with van der Waals surface area (Å²) in [6.45, 7) is 5.31. The van der Waals surface area contributed by atoms with E-state index < -0.39 is 17.5 Å². The van der Waals surface area contributed by atoms with E-state index in [9.17, 15) is 14.0 Å². The molecule has 0 saturated carbocycles. The van der Waals surface area contributed by atoms with Gasteiger partial charge in [-0.25, -0.2) is 4.39 Å². The first-order chi connectivity index (χ1) is 14.9. The van der Waals surface area contributed by atoms with Gasteiger partial charge in [0.15, 0.2) is 0 Å². The molecule has 1 amide bonds. The number of rotatable bonds is 5. The maximum Gasteiger partial charge on any atom is 0.261 e. The Morgan fingerprint density at radius 3 is 2.61 bits per heavy atom. The molecule has 1 unspecified atom stereocenters. The third kappa shape index (κ3) is 4.70. The number of amides is 1. The molecule has 3 heterocycles. The predicted octanol–water partition coefficient (Wildman–Crippen LogP) is 3.49. The fourth-order valence-corrected chi connectivity index (χ4v) is 4.49. The number of carbonyl (C=O) groups excluding carboxylic acids is 1. The Hall–Kier alpha value is -2.97. The summed E-state index contributed by atoms with van der Waals surface area (Å²) < 4.78 is 14.0. The number of hydrogen-bond donors (Lipinski definition) is 2. The first-order valence-electron chi connectivity index (χ1n) is 10.2. The lowest BCUT2D eigenvalue weighted by molar-refractivity contribution is 0.0938. The minimum atomic E-state index is -0.486. The van der Waals surface area contributed by atoms with E-state index >= 15 is 0 Å². The second kappa shape index (κ2) is 9.03. The summed E-state index contributed by atoms with van der Waals surface area (Å²) in [6, 6.07) is 11.3. The number of thiophene rings is 1. The van der Waals surface area contributed by atoms with Gasteiger partial charge in [0, 0.05) is 37.4 Å². The summed E-state index contributed by atoms with van der Waals surface area (Å²) in [6.07, 6.45) is 0. The number of piperazine rings is 1. The van der Waals surface area contributed by atoms with Crippen molar-refractivity contribution in [3.63, 3.8) is 0 Å². The van der Waals surface area contributed by atoms with Gasteiger partial charge in [-0.15, -0.1) is 11.3 Å². The Bertz CT molecular complexity index is 1120. The zero-order chi connectivity index (χ0) is 22.0. The first kappa shape index (κ1) is 21.3. The van der Waals surface area contributed by atoms with Gasteiger partial charge >= 0.3 is 0 Å². The fourth-order valence-electron chi connectivity index (χ4n) is 3.79. The van der Waals surface area contributed by atoms with Crippen molar-refractivity contribution in [2.75, 3.05) is 38.1 Å². The van der Waals surface area contributed by atoms with E-state index in [-0.39, 0.29) is 11.4 Å². The molecule has 1 saturated heterocycles. The molecule has 1 aliphatic heterocycles. The number of benzene rings is 1. The Labute approximate surface area is 184 Å². The van der Waals surface area contributed by atoms with Crippen LogP contribution < -0.4 is 15.8 Å². The Balaban J connectivity index is 1.54. The number of anilines is 1. The zero-order valence-corrected chi connectivity index (χ0v) is 18.3. The van der Waals surface area contributed by atoms with Crippen LogP contribution in [0.5, 0.6) is 0 Å². The van der Waals surface area contributed by atoms with Crippen molar-refractivity contribution < 1.29 is 9.18 Å². The lowest BCUT2D eigenvalue weighted by atomic mass is 10.0. The van der Waals surface area contributed by atoms with Gasteiger partial charge < -0.3 is 20.1 Å². The highest BCUT2D eigenvalue weighted by Gasteiger charge is 2.22. The van der Waals surface area contributed by atoms with Crippen molar-refractivity contribution in [3.05, 3.63) is 75.1 Å². The molecule has 162 valence electrons. The number of carbonyl (C=O) groups is 1. The van der Waals surface area contributed by atoms with Gasteiger partial charge in [-0.2, -0.15) is 0 Å². The molecule has 4 rings (SSSR count). The van der Waals surface area contributed by atoms with Crippen LogP contribution in [0, 0.1) is 5.82 Å². The average molecular weight is 441 g/mol. The number of nitrogens with one attached hydrogen (secondary N) is 2. The second-order valence-electron chi connectivity index (χ2n) is 7.78. The lowest BCUT2D eigenvalue weighted by Gasteiger charge is -2.36. The standard InChI is InChI=1S/C23H25FN4O2S/c1-15(18-14-16(24)5-8-20(18)28-11-9-27(2)10-12-28)25-22(29)17-6-7-19(26-23(17)30)21-4-3-13-31-21/h3-8,13-15H,9-12H2,1-2H3,(H,25,29)(H,26,30). The molecule has 2 N–H and O–H groups in total. The topological polar surface area (TPSA) is 68.4 Å². The summed E-state index contributed by atoms with van der Waals surface area (Å²) in [5.41, 5.74) is 1.86. The molecule has 0 radical (unpaired) electrons. The number of aromatic nitrogens is 1. The zero-order valence-electron chi connectivity index (χ0n) is 17.5. The van der Waals surface area contributed by atoms with Crippen LogP contribution in [-0.2, 0) is 0 Å². The fraction of sp³-hybridized carbons (Fsp3) is 0.304. The van der Waals surface area contributed by atoms with E-state index in [1.165, 1.54) is 29.5 Å². The lowest BCUT2D eigenvalue weighted by Crippen LogP contribution is -2.45. The third-order valence-corrected chi connectivity index (χ3v) is 6.49. The van der Waals surface area contributed by atoms with Crippen molar-refractivity contribution in [3.8, 4) is 10.6 Å². The van der Waals surface area contributed by atoms with Crippen LogP contribution in [0.15, 0.2) is 52.6 Å². The number of nitrogens with zero attached hydrogens (tertiary/aromatic N) is 2. The van der Waals surface area contributed by atoms with Crippen molar-refractivity contribution in [1.29, 1.82) is 0 Å². The van der Waals surface area contributed by atoms with Gasteiger partial charge in [-0.05, 0) is 55.7 Å². The predicted molar refractivity (Wildman–Crippen MR) is 122 cm³/mol. The Morgan fingerprint density at radius 2 is 1.94 bits per heavy atom. The number of halogens is 1. The van der Waals surface area contributed by atoms with E-state index in [1.54, 1.807) is 19.1 Å². The molecule has 31 heavy (non-hydrogen) atoms. The molecule has 0 bridgehead atoms. The number of likely N-dealkylation sites (N-methyl/N-ethyl adjacent to an activating group) is 1.